The van der Waals surface area contributed by atoms with Gasteiger partial charge in [0.2, 0.25) is 0 Å². The summed E-state index contributed by atoms with van der Waals surface area (Å²) in [6.07, 6.45) is 4.47. The number of hydrogen-bond donors (Lipinski definition) is 1. The Kier molecular flexibility index (Phi) is 2.80. The van der Waals surface area contributed by atoms with E-state index in [2.05, 4.69) is 29.8 Å². The maximum Gasteiger partial charge on any atom is 0.146 e. The topological polar surface area (TPSA) is 42.2 Å². The van der Waals surface area contributed by atoms with Gasteiger partial charge in [-0.3, -0.25) is 0 Å². The summed E-state index contributed by atoms with van der Waals surface area (Å²) in [5, 5.41) is 0. The van der Waals surface area contributed by atoms with E-state index in [-0.39, 0.29) is 0 Å². The van der Waals surface area contributed by atoms with E-state index in [9.17, 15) is 0 Å². The zero-order valence-electron chi connectivity index (χ0n) is 9.48. The van der Waals surface area contributed by atoms with E-state index in [1.807, 2.05) is 6.07 Å². The molecule has 2 N–H and O–H groups in total. The molecule has 0 spiro atoms. The summed E-state index contributed by atoms with van der Waals surface area (Å²) in [6, 6.07) is 4.50. The Balaban J connectivity index is 2.19. The number of nitrogens with two attached hydrogens (primary N) is 1. The number of nitrogen functional groups attached to an aromatic ring is 1. The molecule has 0 amide bonds. The molecule has 82 valence electrons. The van der Waals surface area contributed by atoms with E-state index >= 15 is 0 Å². The summed E-state index contributed by atoms with van der Waals surface area (Å²) in [6.45, 7) is 5.52. The fraction of sp³-hybridized carbons (Fsp3) is 0.583. The lowest BCUT2D eigenvalue weighted by Gasteiger charge is -2.29. The van der Waals surface area contributed by atoms with Crippen LogP contribution in [0.3, 0.4) is 0 Å². The van der Waals surface area contributed by atoms with Crippen molar-refractivity contribution in [1.29, 1.82) is 0 Å². The third kappa shape index (κ3) is 2.41. The maximum absolute atomic E-state index is 5.90. The van der Waals surface area contributed by atoms with Crippen molar-refractivity contribution in [1.82, 2.24) is 4.98 Å². The van der Waals surface area contributed by atoms with Crippen LogP contribution in [0.1, 0.15) is 26.7 Å². The second-order valence-electron chi connectivity index (χ2n) is 4.60. The molecule has 0 aromatic carbocycles. The number of aromatic nitrogens is 1. The van der Waals surface area contributed by atoms with Crippen LogP contribution in [0, 0.1) is 5.92 Å². The van der Waals surface area contributed by atoms with Crippen LogP contribution in [0.2, 0.25) is 0 Å². The zero-order chi connectivity index (χ0) is 10.8. The predicted molar refractivity (Wildman–Crippen MR) is 63.9 cm³/mol. The second kappa shape index (κ2) is 4.09. The molecule has 0 atom stereocenters. The monoisotopic (exact) mass is 205 g/mol. The van der Waals surface area contributed by atoms with Crippen molar-refractivity contribution in [3.63, 3.8) is 0 Å². The van der Waals surface area contributed by atoms with Crippen molar-refractivity contribution in [3.05, 3.63) is 18.3 Å². The van der Waals surface area contributed by atoms with Gasteiger partial charge in [-0.1, -0.05) is 0 Å². The Morgan fingerprint density at radius 2 is 2.27 bits per heavy atom. The van der Waals surface area contributed by atoms with Crippen molar-refractivity contribution >= 4 is 11.5 Å². The number of hydrogen-bond acceptors (Lipinski definition) is 3. The van der Waals surface area contributed by atoms with Crippen LogP contribution in [0.15, 0.2) is 18.3 Å². The molecule has 1 saturated carbocycles. The van der Waals surface area contributed by atoms with Gasteiger partial charge >= 0.3 is 0 Å². The number of rotatable bonds is 4. The highest BCUT2D eigenvalue weighted by Crippen LogP contribution is 2.33. The van der Waals surface area contributed by atoms with Crippen molar-refractivity contribution in [2.75, 3.05) is 17.2 Å². The van der Waals surface area contributed by atoms with E-state index in [1.165, 1.54) is 12.8 Å². The predicted octanol–water partition coefficient (Wildman–Crippen LogP) is 2.29. The van der Waals surface area contributed by atoms with Gasteiger partial charge in [-0.05, 0) is 44.7 Å². The Labute approximate surface area is 91.3 Å². The Hall–Kier alpha value is -1.25. The molecule has 1 fully saturated rings. The van der Waals surface area contributed by atoms with Crippen molar-refractivity contribution < 1.29 is 0 Å². The lowest BCUT2D eigenvalue weighted by molar-refractivity contribution is 0.644. The van der Waals surface area contributed by atoms with Crippen LogP contribution in [-0.2, 0) is 0 Å². The molecule has 1 aliphatic rings. The summed E-state index contributed by atoms with van der Waals surface area (Å²) in [4.78, 5) is 6.51. The van der Waals surface area contributed by atoms with Gasteiger partial charge in [-0.2, -0.15) is 0 Å². The smallest absolute Gasteiger partial charge is 0.146 e. The van der Waals surface area contributed by atoms with Gasteiger partial charge in [-0.25, -0.2) is 4.98 Å². The SMILES string of the molecule is CC(C)N(CC1CC1)c1cccnc1N. The molecule has 0 radical (unpaired) electrons. The first-order valence-corrected chi connectivity index (χ1v) is 5.65. The summed E-state index contributed by atoms with van der Waals surface area (Å²) in [5.41, 5.74) is 6.99. The van der Waals surface area contributed by atoms with Crippen molar-refractivity contribution in [3.8, 4) is 0 Å². The minimum atomic E-state index is 0.483. The highest BCUT2D eigenvalue weighted by molar-refractivity contribution is 5.63. The molecule has 1 aliphatic carbocycles. The number of anilines is 2. The highest BCUT2D eigenvalue weighted by atomic mass is 15.2. The average Bonchev–Trinajstić information content (AvgIpc) is 2.99. The Bertz CT molecular complexity index is 331. The molecule has 0 aliphatic heterocycles. The second-order valence-corrected chi connectivity index (χ2v) is 4.60. The standard InChI is InChI=1S/C12H19N3/c1-9(2)15(8-10-5-6-10)11-4-3-7-14-12(11)13/h3-4,7,9-10H,5-6,8H2,1-2H3,(H2,13,14). The molecule has 1 heterocycles. The number of pyridine rings is 1. The fourth-order valence-electron chi connectivity index (χ4n) is 1.82. The van der Waals surface area contributed by atoms with Crippen LogP contribution in [0.25, 0.3) is 0 Å². The molecule has 0 unspecified atom stereocenters. The number of nitrogens with zero attached hydrogens (tertiary/aromatic N) is 2. The van der Waals surface area contributed by atoms with Gasteiger partial charge in [0.15, 0.2) is 0 Å². The van der Waals surface area contributed by atoms with Gasteiger partial charge in [0.1, 0.15) is 5.82 Å². The van der Waals surface area contributed by atoms with Crippen LogP contribution in [0.5, 0.6) is 0 Å². The molecule has 0 saturated heterocycles. The van der Waals surface area contributed by atoms with Gasteiger partial charge in [0.05, 0.1) is 5.69 Å². The van der Waals surface area contributed by atoms with Crippen LogP contribution >= 0.6 is 0 Å². The van der Waals surface area contributed by atoms with Crippen molar-refractivity contribution in [2.24, 2.45) is 5.92 Å². The summed E-state index contributed by atoms with van der Waals surface area (Å²) < 4.78 is 0. The normalized spacial score (nSPS) is 15.7. The van der Waals surface area contributed by atoms with Gasteiger partial charge in [0, 0.05) is 18.8 Å². The van der Waals surface area contributed by atoms with Gasteiger partial charge < -0.3 is 10.6 Å². The van der Waals surface area contributed by atoms with E-state index in [0.29, 0.717) is 11.9 Å². The lowest BCUT2D eigenvalue weighted by atomic mass is 10.2. The van der Waals surface area contributed by atoms with E-state index in [1.54, 1.807) is 6.20 Å². The van der Waals surface area contributed by atoms with Gasteiger partial charge in [-0.15, -0.1) is 0 Å². The zero-order valence-corrected chi connectivity index (χ0v) is 9.48. The van der Waals surface area contributed by atoms with Crippen LogP contribution < -0.4 is 10.6 Å². The lowest BCUT2D eigenvalue weighted by Crippen LogP contribution is -2.33. The van der Waals surface area contributed by atoms with E-state index in [4.69, 9.17) is 5.73 Å². The molecule has 2 rings (SSSR count). The quantitative estimate of drug-likeness (QED) is 0.820. The van der Waals surface area contributed by atoms with Crippen molar-refractivity contribution in [2.45, 2.75) is 32.7 Å². The third-order valence-corrected chi connectivity index (χ3v) is 2.90. The van der Waals surface area contributed by atoms with E-state index < -0.39 is 0 Å². The molecule has 15 heavy (non-hydrogen) atoms. The Morgan fingerprint density at radius 1 is 1.53 bits per heavy atom. The summed E-state index contributed by atoms with van der Waals surface area (Å²) in [5.74, 6) is 1.51. The van der Waals surface area contributed by atoms with Crippen LogP contribution in [0.4, 0.5) is 11.5 Å². The molecule has 3 nitrogen and oxygen atoms in total. The summed E-state index contributed by atoms with van der Waals surface area (Å²) >= 11 is 0. The molecular formula is C12H19N3. The largest absolute Gasteiger partial charge is 0.382 e. The first-order valence-electron chi connectivity index (χ1n) is 5.65. The van der Waals surface area contributed by atoms with Crippen LogP contribution in [-0.4, -0.2) is 17.6 Å². The molecular weight excluding hydrogens is 186 g/mol. The minimum Gasteiger partial charge on any atom is -0.382 e. The third-order valence-electron chi connectivity index (χ3n) is 2.90. The molecule has 3 heteroatoms. The molecule has 0 bridgehead atoms. The minimum absolute atomic E-state index is 0.483. The average molecular weight is 205 g/mol. The molecule has 1 aromatic rings. The highest BCUT2D eigenvalue weighted by Gasteiger charge is 2.26. The van der Waals surface area contributed by atoms with E-state index in [0.717, 1.165) is 18.2 Å². The maximum atomic E-state index is 5.90. The fourth-order valence-corrected chi connectivity index (χ4v) is 1.82. The molecule has 1 aromatic heterocycles. The first-order chi connectivity index (χ1) is 7.18. The summed E-state index contributed by atoms with van der Waals surface area (Å²) in [7, 11) is 0. The first kappa shape index (κ1) is 10.3. The Morgan fingerprint density at radius 3 is 2.80 bits per heavy atom. The van der Waals surface area contributed by atoms with Gasteiger partial charge in [0.25, 0.3) is 0 Å².